The number of hydrazine groups is 1. The number of sulfonamides is 1. The van der Waals surface area contributed by atoms with Gasteiger partial charge < -0.3 is 5.32 Å². The Hall–Kier alpha value is -2.44. The summed E-state index contributed by atoms with van der Waals surface area (Å²) in [5.41, 5.74) is 3.17. The van der Waals surface area contributed by atoms with Crippen LogP contribution in [0.5, 0.6) is 0 Å². The van der Waals surface area contributed by atoms with Crippen LogP contribution >= 0.6 is 11.3 Å². The maximum atomic E-state index is 12.4. The Bertz CT molecular complexity index is 1100. The lowest BCUT2D eigenvalue weighted by atomic mass is 9.87. The predicted molar refractivity (Wildman–Crippen MR) is 113 cm³/mol. The first-order valence-corrected chi connectivity index (χ1v) is 12.2. The lowest BCUT2D eigenvalue weighted by Crippen LogP contribution is -2.41. The molecule has 12 heteroatoms. The highest BCUT2D eigenvalue weighted by atomic mass is 32.2. The van der Waals surface area contributed by atoms with E-state index in [-0.39, 0.29) is 10.5 Å². The maximum Gasteiger partial charge on any atom is 0.405 e. The van der Waals surface area contributed by atoms with Gasteiger partial charge in [0.05, 0.1) is 9.77 Å². The molecule has 1 aromatic carbocycles. The van der Waals surface area contributed by atoms with Crippen LogP contribution in [-0.2, 0) is 22.9 Å². The van der Waals surface area contributed by atoms with Gasteiger partial charge >= 0.3 is 6.18 Å². The van der Waals surface area contributed by atoms with Crippen LogP contribution < -0.4 is 15.6 Å². The van der Waals surface area contributed by atoms with Crippen LogP contribution in [0.1, 0.15) is 50.2 Å². The van der Waals surface area contributed by atoms with Crippen LogP contribution in [0, 0.1) is 5.92 Å². The fourth-order valence-corrected chi connectivity index (χ4v) is 5.30. The number of fused-ring (bicyclic) bond motifs is 1. The highest BCUT2D eigenvalue weighted by Crippen LogP contribution is 2.33. The Kier molecular flexibility index (Phi) is 7.25. The Morgan fingerprint density at radius 2 is 1.84 bits per heavy atom. The minimum absolute atomic E-state index is 0.133. The second kappa shape index (κ2) is 9.59. The van der Waals surface area contributed by atoms with Gasteiger partial charge in [0, 0.05) is 10.4 Å². The molecule has 0 saturated heterocycles. The maximum absolute atomic E-state index is 12.4. The topological polar surface area (TPSA) is 104 Å². The number of rotatable bonds is 7. The van der Waals surface area contributed by atoms with Crippen LogP contribution in [0.2, 0.25) is 0 Å². The molecule has 0 spiro atoms. The fraction of sp³-hybridized carbons (Fsp3) is 0.400. The van der Waals surface area contributed by atoms with E-state index in [4.69, 9.17) is 0 Å². The largest absolute Gasteiger partial charge is 0.405 e. The van der Waals surface area contributed by atoms with E-state index in [2.05, 4.69) is 12.3 Å². The normalized spacial score (nSPS) is 16.3. The smallest absolute Gasteiger partial charge is 0.343 e. The number of aryl methyl sites for hydroxylation is 1. The molecule has 2 aromatic rings. The number of thiophene rings is 1. The van der Waals surface area contributed by atoms with Gasteiger partial charge in [0.15, 0.2) is 0 Å². The van der Waals surface area contributed by atoms with Gasteiger partial charge in [-0.05, 0) is 61.1 Å². The Balaban J connectivity index is 1.60. The van der Waals surface area contributed by atoms with Gasteiger partial charge in [-0.25, -0.2) is 8.42 Å². The summed E-state index contributed by atoms with van der Waals surface area (Å²) in [5.74, 6) is -0.978. The van der Waals surface area contributed by atoms with E-state index in [0.717, 1.165) is 60.4 Å². The second-order valence-electron chi connectivity index (χ2n) is 7.46. The lowest BCUT2D eigenvalue weighted by Gasteiger charge is -2.19. The second-order valence-corrected chi connectivity index (χ2v) is 10.3. The van der Waals surface area contributed by atoms with Gasteiger partial charge in [0.25, 0.3) is 21.8 Å². The van der Waals surface area contributed by atoms with Crippen molar-refractivity contribution in [3.8, 4) is 0 Å². The van der Waals surface area contributed by atoms with Crippen molar-refractivity contribution in [1.29, 1.82) is 0 Å². The van der Waals surface area contributed by atoms with E-state index in [1.54, 1.807) is 11.4 Å². The van der Waals surface area contributed by atoms with E-state index >= 15 is 0 Å². The van der Waals surface area contributed by atoms with Gasteiger partial charge in [-0.15, -0.1) is 16.2 Å². The summed E-state index contributed by atoms with van der Waals surface area (Å²) in [6.45, 7) is 0.636. The van der Waals surface area contributed by atoms with E-state index in [1.807, 2.05) is 4.83 Å². The number of carbonyl (C=O) groups is 2. The number of hydrogen-bond donors (Lipinski definition) is 3. The molecule has 1 heterocycles. The first-order chi connectivity index (χ1) is 15.0. The van der Waals surface area contributed by atoms with Crippen molar-refractivity contribution in [3.63, 3.8) is 0 Å². The summed E-state index contributed by atoms with van der Waals surface area (Å²) in [6.07, 6.45) is -0.605. The molecule has 1 aromatic heterocycles. The number of benzene rings is 1. The van der Waals surface area contributed by atoms with Crippen LogP contribution in [-0.4, -0.2) is 33.0 Å². The number of alkyl halides is 3. The number of amides is 2. The van der Waals surface area contributed by atoms with Gasteiger partial charge in [-0.3, -0.25) is 15.0 Å². The van der Waals surface area contributed by atoms with Crippen molar-refractivity contribution >= 4 is 33.2 Å². The summed E-state index contributed by atoms with van der Waals surface area (Å²) < 4.78 is 61.4. The molecule has 1 aliphatic rings. The zero-order valence-electron chi connectivity index (χ0n) is 17.1. The fourth-order valence-electron chi connectivity index (χ4n) is 3.36. The molecule has 0 fully saturated rings. The van der Waals surface area contributed by atoms with Crippen molar-refractivity contribution in [1.82, 2.24) is 15.6 Å². The highest BCUT2D eigenvalue weighted by molar-refractivity contribution is 7.89. The Labute approximate surface area is 187 Å². The lowest BCUT2D eigenvalue weighted by molar-refractivity contribution is -0.123. The molecule has 1 unspecified atom stereocenters. The van der Waals surface area contributed by atoms with Gasteiger partial charge in [0.1, 0.15) is 6.54 Å². The zero-order valence-corrected chi connectivity index (χ0v) is 18.7. The molecule has 3 N–H and O–H groups in total. The molecule has 1 aliphatic carbocycles. The first-order valence-electron chi connectivity index (χ1n) is 9.87. The molecule has 0 bridgehead atoms. The predicted octanol–water partition coefficient (Wildman–Crippen LogP) is 3.18. The van der Waals surface area contributed by atoms with Crippen molar-refractivity contribution in [2.45, 2.75) is 43.7 Å². The molecule has 3 rings (SSSR count). The number of carbonyl (C=O) groups excluding carboxylic acids is 2. The van der Waals surface area contributed by atoms with E-state index in [9.17, 15) is 31.2 Å². The quantitative estimate of drug-likeness (QED) is 0.520. The van der Waals surface area contributed by atoms with Crippen LogP contribution in [0.4, 0.5) is 13.2 Å². The van der Waals surface area contributed by atoms with Gasteiger partial charge in [-0.2, -0.15) is 13.2 Å². The monoisotopic (exact) mass is 489 g/mol. The van der Waals surface area contributed by atoms with E-state index in [1.165, 1.54) is 11.3 Å². The first kappa shape index (κ1) is 24.2. The SMILES string of the molecule is CCC1CCc2sc(C(=O)NNS(=O)(=O)c3ccc(C(=O)NCC(F)(F)F)cc3)cc2C1. The average Bonchev–Trinajstić information content (AvgIpc) is 3.18. The number of nitrogens with one attached hydrogen (secondary N) is 3. The molecule has 32 heavy (non-hydrogen) atoms. The molecule has 174 valence electrons. The summed E-state index contributed by atoms with van der Waals surface area (Å²) in [5, 5.41) is 1.70. The molecule has 0 aliphatic heterocycles. The van der Waals surface area contributed by atoms with E-state index < -0.39 is 34.6 Å². The third-order valence-corrected chi connectivity index (χ3v) is 7.66. The molecule has 0 saturated carbocycles. The molecule has 2 amide bonds. The standard InChI is InChI=1S/C20H22F3N3O4S2/c1-2-12-3-8-16-14(9-12)10-17(31-16)19(28)25-26-32(29,30)15-6-4-13(5-7-15)18(27)24-11-20(21,22)23/h4-7,10,12,26H,2-3,8-9,11H2,1H3,(H,24,27)(H,25,28). The van der Waals surface area contributed by atoms with Crippen molar-refractivity contribution in [3.05, 3.63) is 51.2 Å². The zero-order chi connectivity index (χ0) is 23.5. The van der Waals surface area contributed by atoms with Crippen molar-refractivity contribution in [2.24, 2.45) is 5.92 Å². The minimum Gasteiger partial charge on any atom is -0.343 e. The molecular weight excluding hydrogens is 467 g/mol. The number of hydrogen-bond acceptors (Lipinski definition) is 5. The average molecular weight is 490 g/mol. The highest BCUT2D eigenvalue weighted by Gasteiger charge is 2.28. The Morgan fingerprint density at radius 1 is 1.16 bits per heavy atom. The third-order valence-electron chi connectivity index (χ3n) is 5.16. The summed E-state index contributed by atoms with van der Waals surface area (Å²) >= 11 is 1.34. The third kappa shape index (κ3) is 6.08. The molecule has 7 nitrogen and oxygen atoms in total. The molecule has 1 atom stereocenters. The van der Waals surface area contributed by atoms with Crippen molar-refractivity contribution < 1.29 is 31.2 Å². The van der Waals surface area contributed by atoms with Crippen LogP contribution in [0.3, 0.4) is 0 Å². The summed E-state index contributed by atoms with van der Waals surface area (Å²) in [6, 6.07) is 6.08. The van der Waals surface area contributed by atoms with Crippen LogP contribution in [0.15, 0.2) is 35.2 Å². The summed E-state index contributed by atoms with van der Waals surface area (Å²) in [7, 11) is -4.15. The van der Waals surface area contributed by atoms with Gasteiger partial charge in [0.2, 0.25) is 0 Å². The van der Waals surface area contributed by atoms with Crippen molar-refractivity contribution in [2.75, 3.05) is 6.54 Å². The summed E-state index contributed by atoms with van der Waals surface area (Å²) in [4.78, 5) is 27.4. The molecular formula is C20H22F3N3O4S2. The number of halogens is 3. The van der Waals surface area contributed by atoms with Gasteiger partial charge in [-0.1, -0.05) is 13.3 Å². The van der Waals surface area contributed by atoms with Crippen LogP contribution in [0.25, 0.3) is 0 Å². The van der Waals surface area contributed by atoms with E-state index in [0.29, 0.717) is 10.8 Å². The molecule has 0 radical (unpaired) electrons. The Morgan fingerprint density at radius 3 is 2.47 bits per heavy atom. The minimum atomic E-state index is -4.55.